The first kappa shape index (κ1) is 10.1. The van der Waals surface area contributed by atoms with Crippen LogP contribution in [0.15, 0.2) is 30.3 Å². The van der Waals surface area contributed by atoms with Crippen molar-refractivity contribution in [2.75, 3.05) is 0 Å². The van der Waals surface area contributed by atoms with Gasteiger partial charge in [0.25, 0.3) is 0 Å². The molecule has 0 spiro atoms. The van der Waals surface area contributed by atoms with E-state index in [-0.39, 0.29) is 5.69 Å². The molecule has 4 heteroatoms. The molecule has 4 nitrogen and oxygen atoms in total. The van der Waals surface area contributed by atoms with Gasteiger partial charge in [0.2, 0.25) is 0 Å². The average molecular weight is 228 g/mol. The number of benzene rings is 1. The van der Waals surface area contributed by atoms with Gasteiger partial charge in [-0.15, -0.1) is 0 Å². The van der Waals surface area contributed by atoms with Crippen LogP contribution in [-0.2, 0) is 0 Å². The molecule has 1 heterocycles. The van der Waals surface area contributed by atoms with Crippen molar-refractivity contribution < 1.29 is 9.90 Å². The van der Waals surface area contributed by atoms with Gasteiger partial charge < -0.3 is 5.11 Å². The molecule has 86 valence electrons. The molecule has 0 amide bonds. The van der Waals surface area contributed by atoms with E-state index in [2.05, 4.69) is 16.3 Å². The SMILES string of the molecule is O=C(O)c1cc(-c2ccccc2C2CC2)n[nH]1. The topological polar surface area (TPSA) is 66.0 Å². The molecule has 1 aromatic carbocycles. The van der Waals surface area contributed by atoms with E-state index >= 15 is 0 Å². The van der Waals surface area contributed by atoms with E-state index in [4.69, 9.17) is 5.11 Å². The molecule has 2 N–H and O–H groups in total. The Morgan fingerprint density at radius 1 is 1.35 bits per heavy atom. The lowest BCUT2D eigenvalue weighted by molar-refractivity contribution is 0.0690. The van der Waals surface area contributed by atoms with Crippen molar-refractivity contribution in [3.8, 4) is 11.3 Å². The number of aromatic amines is 1. The van der Waals surface area contributed by atoms with Gasteiger partial charge in [-0.3, -0.25) is 5.10 Å². The Bertz CT molecular complexity index is 570. The maximum absolute atomic E-state index is 10.8. The first-order valence-electron chi connectivity index (χ1n) is 5.63. The Balaban J connectivity index is 2.05. The van der Waals surface area contributed by atoms with Crippen LogP contribution in [0.25, 0.3) is 11.3 Å². The quantitative estimate of drug-likeness (QED) is 0.848. The van der Waals surface area contributed by atoms with Crippen LogP contribution in [-0.4, -0.2) is 21.3 Å². The molecule has 1 aliphatic carbocycles. The van der Waals surface area contributed by atoms with Crippen LogP contribution in [0.4, 0.5) is 0 Å². The summed E-state index contributed by atoms with van der Waals surface area (Å²) in [5, 5.41) is 15.5. The largest absolute Gasteiger partial charge is 0.477 e. The fourth-order valence-electron chi connectivity index (χ4n) is 2.05. The summed E-state index contributed by atoms with van der Waals surface area (Å²) < 4.78 is 0. The number of nitrogens with one attached hydrogen (secondary N) is 1. The number of H-pyrrole nitrogens is 1. The molecule has 2 aromatic rings. The summed E-state index contributed by atoms with van der Waals surface area (Å²) in [6, 6.07) is 9.65. The molecule has 17 heavy (non-hydrogen) atoms. The lowest BCUT2D eigenvalue weighted by Crippen LogP contribution is -1.95. The summed E-state index contributed by atoms with van der Waals surface area (Å²) in [4.78, 5) is 10.8. The van der Waals surface area contributed by atoms with Crippen LogP contribution in [0.2, 0.25) is 0 Å². The van der Waals surface area contributed by atoms with Crippen molar-refractivity contribution >= 4 is 5.97 Å². The summed E-state index contributed by atoms with van der Waals surface area (Å²) >= 11 is 0. The van der Waals surface area contributed by atoms with E-state index in [0.717, 1.165) is 5.56 Å². The maximum atomic E-state index is 10.8. The Morgan fingerprint density at radius 2 is 2.12 bits per heavy atom. The normalized spacial score (nSPS) is 14.8. The molecule has 0 unspecified atom stereocenters. The second-order valence-corrected chi connectivity index (χ2v) is 4.33. The maximum Gasteiger partial charge on any atom is 0.353 e. The van der Waals surface area contributed by atoms with E-state index in [1.54, 1.807) is 6.07 Å². The van der Waals surface area contributed by atoms with Gasteiger partial charge in [-0.25, -0.2) is 4.79 Å². The number of aromatic carboxylic acids is 1. The minimum atomic E-state index is -0.979. The Labute approximate surface area is 98.3 Å². The Kier molecular flexibility index (Phi) is 2.21. The van der Waals surface area contributed by atoms with Gasteiger partial charge in [0.05, 0.1) is 5.69 Å². The van der Waals surface area contributed by atoms with Crippen LogP contribution in [0.1, 0.15) is 34.8 Å². The lowest BCUT2D eigenvalue weighted by Gasteiger charge is -2.04. The number of carbonyl (C=O) groups is 1. The number of carboxylic acids is 1. The molecule has 1 aromatic heterocycles. The van der Waals surface area contributed by atoms with E-state index in [0.29, 0.717) is 11.6 Å². The first-order valence-corrected chi connectivity index (χ1v) is 5.63. The number of hydrogen-bond acceptors (Lipinski definition) is 2. The number of rotatable bonds is 3. The molecule has 0 bridgehead atoms. The highest BCUT2D eigenvalue weighted by Crippen LogP contribution is 2.43. The van der Waals surface area contributed by atoms with Gasteiger partial charge in [0, 0.05) is 5.56 Å². The van der Waals surface area contributed by atoms with Crippen LogP contribution < -0.4 is 0 Å². The minimum absolute atomic E-state index is 0.130. The summed E-state index contributed by atoms with van der Waals surface area (Å²) in [7, 11) is 0. The monoisotopic (exact) mass is 228 g/mol. The molecular formula is C13H12N2O2. The van der Waals surface area contributed by atoms with Crippen molar-refractivity contribution in [1.82, 2.24) is 10.2 Å². The van der Waals surface area contributed by atoms with Crippen molar-refractivity contribution in [3.05, 3.63) is 41.6 Å². The standard InChI is InChI=1S/C13H12N2O2/c16-13(17)12-7-11(14-15-12)10-4-2-1-3-9(10)8-5-6-8/h1-4,7-8H,5-6H2,(H,14,15)(H,16,17). The second-order valence-electron chi connectivity index (χ2n) is 4.33. The van der Waals surface area contributed by atoms with Crippen molar-refractivity contribution in [2.24, 2.45) is 0 Å². The molecular weight excluding hydrogens is 216 g/mol. The summed E-state index contributed by atoms with van der Waals surface area (Å²) in [5.41, 5.74) is 3.16. The third-order valence-corrected chi connectivity index (χ3v) is 3.06. The predicted octanol–water partition coefficient (Wildman–Crippen LogP) is 2.65. The van der Waals surface area contributed by atoms with Gasteiger partial charge in [-0.1, -0.05) is 24.3 Å². The van der Waals surface area contributed by atoms with Gasteiger partial charge in [-0.05, 0) is 30.4 Å². The zero-order chi connectivity index (χ0) is 11.8. The first-order chi connectivity index (χ1) is 8.25. The summed E-state index contributed by atoms with van der Waals surface area (Å²) in [5.74, 6) is -0.358. The molecule has 1 aliphatic rings. The van der Waals surface area contributed by atoms with E-state index in [9.17, 15) is 4.79 Å². The van der Waals surface area contributed by atoms with Gasteiger partial charge >= 0.3 is 5.97 Å². The van der Waals surface area contributed by atoms with E-state index in [1.165, 1.54) is 18.4 Å². The molecule has 0 aliphatic heterocycles. The molecule has 1 fully saturated rings. The molecule has 0 atom stereocenters. The minimum Gasteiger partial charge on any atom is -0.477 e. The summed E-state index contributed by atoms with van der Waals surface area (Å²) in [6.07, 6.45) is 2.43. The zero-order valence-corrected chi connectivity index (χ0v) is 9.18. The lowest BCUT2D eigenvalue weighted by atomic mass is 10.0. The van der Waals surface area contributed by atoms with Crippen LogP contribution in [0, 0.1) is 0 Å². The smallest absolute Gasteiger partial charge is 0.353 e. The zero-order valence-electron chi connectivity index (χ0n) is 9.18. The third-order valence-electron chi connectivity index (χ3n) is 3.06. The number of aromatic nitrogens is 2. The average Bonchev–Trinajstić information content (AvgIpc) is 3.06. The van der Waals surface area contributed by atoms with Gasteiger partial charge in [0.1, 0.15) is 5.69 Å². The molecule has 0 radical (unpaired) electrons. The number of hydrogen-bond donors (Lipinski definition) is 2. The van der Waals surface area contributed by atoms with E-state index in [1.807, 2.05) is 18.2 Å². The highest BCUT2D eigenvalue weighted by Gasteiger charge is 2.26. The fourth-order valence-corrected chi connectivity index (χ4v) is 2.05. The molecule has 3 rings (SSSR count). The predicted molar refractivity (Wildman–Crippen MR) is 63.0 cm³/mol. The van der Waals surface area contributed by atoms with Crippen LogP contribution >= 0.6 is 0 Å². The van der Waals surface area contributed by atoms with Crippen molar-refractivity contribution in [2.45, 2.75) is 18.8 Å². The van der Waals surface area contributed by atoms with Crippen LogP contribution in [0.5, 0.6) is 0 Å². The van der Waals surface area contributed by atoms with Crippen molar-refractivity contribution in [1.29, 1.82) is 0 Å². The van der Waals surface area contributed by atoms with Crippen LogP contribution in [0.3, 0.4) is 0 Å². The van der Waals surface area contributed by atoms with Crippen molar-refractivity contribution in [3.63, 3.8) is 0 Å². The molecule has 1 saturated carbocycles. The Hall–Kier alpha value is -2.10. The molecule has 0 saturated heterocycles. The summed E-state index contributed by atoms with van der Waals surface area (Å²) in [6.45, 7) is 0. The highest BCUT2D eigenvalue weighted by atomic mass is 16.4. The highest BCUT2D eigenvalue weighted by molar-refractivity contribution is 5.87. The Morgan fingerprint density at radius 3 is 2.76 bits per heavy atom. The van der Waals surface area contributed by atoms with Gasteiger partial charge in [-0.2, -0.15) is 5.10 Å². The van der Waals surface area contributed by atoms with Gasteiger partial charge in [0.15, 0.2) is 0 Å². The number of nitrogens with zero attached hydrogens (tertiary/aromatic N) is 1. The second kappa shape index (κ2) is 3.73. The van der Waals surface area contributed by atoms with E-state index < -0.39 is 5.97 Å². The fraction of sp³-hybridized carbons (Fsp3) is 0.231. The number of carboxylic acid groups (broad SMARTS) is 1. The third kappa shape index (κ3) is 1.82.